The van der Waals surface area contributed by atoms with Gasteiger partial charge in [-0.1, -0.05) is 13.8 Å². The van der Waals surface area contributed by atoms with E-state index in [0.29, 0.717) is 38.6 Å². The molecule has 0 saturated carbocycles. The SMILES string of the molecule is CC(=O)COCC(=O)NCCOCCNC(=O)CC(C)C. The molecular formula is C14H26N2O5. The summed E-state index contributed by atoms with van der Waals surface area (Å²) in [6.07, 6.45) is 0.510. The van der Waals surface area contributed by atoms with Crippen LogP contribution in [0.4, 0.5) is 0 Å². The minimum Gasteiger partial charge on any atom is -0.378 e. The fraction of sp³-hybridized carbons (Fsp3) is 0.786. The third-order valence-corrected chi connectivity index (χ3v) is 2.27. The van der Waals surface area contributed by atoms with Crippen LogP contribution >= 0.6 is 0 Å². The van der Waals surface area contributed by atoms with Crippen LogP contribution in [0.1, 0.15) is 27.2 Å². The number of carbonyl (C=O) groups excluding carboxylic acids is 3. The van der Waals surface area contributed by atoms with Crippen molar-refractivity contribution in [2.24, 2.45) is 5.92 Å². The van der Waals surface area contributed by atoms with E-state index in [1.54, 1.807) is 0 Å². The molecule has 0 aliphatic heterocycles. The highest BCUT2D eigenvalue weighted by Crippen LogP contribution is 1.97. The minimum atomic E-state index is -0.287. The Kier molecular flexibility index (Phi) is 11.4. The summed E-state index contributed by atoms with van der Waals surface area (Å²) in [5.41, 5.74) is 0. The quantitative estimate of drug-likeness (QED) is 0.491. The van der Waals surface area contributed by atoms with E-state index in [-0.39, 0.29) is 30.8 Å². The van der Waals surface area contributed by atoms with Crippen molar-refractivity contribution < 1.29 is 23.9 Å². The molecule has 0 atom stereocenters. The molecule has 0 saturated heterocycles. The summed E-state index contributed by atoms with van der Waals surface area (Å²) < 4.78 is 10.1. The van der Waals surface area contributed by atoms with Crippen molar-refractivity contribution in [3.05, 3.63) is 0 Å². The lowest BCUT2D eigenvalue weighted by Crippen LogP contribution is -2.32. The van der Waals surface area contributed by atoms with Gasteiger partial charge in [-0.3, -0.25) is 14.4 Å². The average Bonchev–Trinajstić information content (AvgIpc) is 2.36. The van der Waals surface area contributed by atoms with Gasteiger partial charge in [-0.15, -0.1) is 0 Å². The minimum absolute atomic E-state index is 0.0181. The zero-order valence-electron chi connectivity index (χ0n) is 13.1. The first-order valence-electron chi connectivity index (χ1n) is 7.10. The van der Waals surface area contributed by atoms with Crippen molar-refractivity contribution in [2.75, 3.05) is 39.5 Å². The summed E-state index contributed by atoms with van der Waals surface area (Å²) in [7, 11) is 0. The third-order valence-electron chi connectivity index (χ3n) is 2.27. The lowest BCUT2D eigenvalue weighted by molar-refractivity contribution is -0.129. The Morgan fingerprint density at radius 1 is 0.905 bits per heavy atom. The van der Waals surface area contributed by atoms with Crippen molar-refractivity contribution in [1.82, 2.24) is 10.6 Å². The van der Waals surface area contributed by atoms with Gasteiger partial charge in [-0.2, -0.15) is 0 Å². The average molecular weight is 302 g/mol. The van der Waals surface area contributed by atoms with Crippen LogP contribution in [0.15, 0.2) is 0 Å². The van der Waals surface area contributed by atoms with E-state index >= 15 is 0 Å². The number of Topliss-reactive ketones (excluding diaryl/α,β-unsaturated/α-hetero) is 1. The summed E-state index contributed by atoms with van der Waals surface area (Å²) >= 11 is 0. The topological polar surface area (TPSA) is 93.7 Å². The van der Waals surface area contributed by atoms with Crippen LogP contribution in [0.2, 0.25) is 0 Å². The van der Waals surface area contributed by atoms with E-state index in [0.717, 1.165) is 0 Å². The highest BCUT2D eigenvalue weighted by Gasteiger charge is 2.04. The Balaban J connectivity index is 3.34. The Morgan fingerprint density at radius 3 is 2.00 bits per heavy atom. The van der Waals surface area contributed by atoms with Crippen molar-refractivity contribution >= 4 is 17.6 Å². The van der Waals surface area contributed by atoms with Gasteiger partial charge in [0.2, 0.25) is 11.8 Å². The number of rotatable bonds is 12. The fourth-order valence-electron chi connectivity index (χ4n) is 1.41. The second-order valence-electron chi connectivity index (χ2n) is 5.11. The van der Waals surface area contributed by atoms with Crippen molar-refractivity contribution in [3.63, 3.8) is 0 Å². The van der Waals surface area contributed by atoms with E-state index in [1.165, 1.54) is 6.92 Å². The number of hydrogen-bond donors (Lipinski definition) is 2. The smallest absolute Gasteiger partial charge is 0.246 e. The Labute approximate surface area is 125 Å². The molecular weight excluding hydrogens is 276 g/mol. The van der Waals surface area contributed by atoms with Gasteiger partial charge in [-0.25, -0.2) is 0 Å². The van der Waals surface area contributed by atoms with Crippen LogP contribution in [0.3, 0.4) is 0 Å². The van der Waals surface area contributed by atoms with Crippen LogP contribution in [0.25, 0.3) is 0 Å². The first-order chi connectivity index (χ1) is 9.91. The van der Waals surface area contributed by atoms with E-state index in [2.05, 4.69) is 10.6 Å². The van der Waals surface area contributed by atoms with E-state index in [9.17, 15) is 14.4 Å². The Bertz CT molecular complexity index is 331. The van der Waals surface area contributed by atoms with Crippen LogP contribution < -0.4 is 10.6 Å². The zero-order valence-corrected chi connectivity index (χ0v) is 13.1. The predicted octanol–water partition coefficient (Wildman–Crippen LogP) is -0.113. The zero-order chi connectivity index (χ0) is 16.1. The molecule has 0 rings (SSSR count). The van der Waals surface area contributed by atoms with E-state index in [1.807, 2.05) is 13.8 Å². The van der Waals surface area contributed by atoms with Crippen LogP contribution in [-0.4, -0.2) is 57.1 Å². The summed E-state index contributed by atoms with van der Waals surface area (Å²) in [6.45, 7) is 6.76. The number of carbonyl (C=O) groups is 3. The van der Waals surface area contributed by atoms with Crippen LogP contribution in [0.5, 0.6) is 0 Å². The van der Waals surface area contributed by atoms with Gasteiger partial charge in [0.15, 0.2) is 5.78 Å². The monoisotopic (exact) mass is 302 g/mol. The number of nitrogens with one attached hydrogen (secondary N) is 2. The van der Waals surface area contributed by atoms with Gasteiger partial charge in [0, 0.05) is 19.5 Å². The van der Waals surface area contributed by atoms with Crippen molar-refractivity contribution in [1.29, 1.82) is 0 Å². The maximum absolute atomic E-state index is 11.3. The first kappa shape index (κ1) is 19.5. The maximum atomic E-state index is 11.3. The standard InChI is InChI=1S/C14H26N2O5/c1-11(2)8-13(18)15-4-6-20-7-5-16-14(19)10-21-9-12(3)17/h11H,4-10H2,1-3H3,(H,15,18)(H,16,19). The molecule has 0 aromatic heterocycles. The van der Waals surface area contributed by atoms with Gasteiger partial charge in [0.05, 0.1) is 13.2 Å². The number of hydrogen-bond acceptors (Lipinski definition) is 5. The molecule has 21 heavy (non-hydrogen) atoms. The molecule has 0 heterocycles. The molecule has 0 bridgehead atoms. The van der Waals surface area contributed by atoms with Crippen molar-refractivity contribution in [3.8, 4) is 0 Å². The number of amides is 2. The Morgan fingerprint density at radius 2 is 1.48 bits per heavy atom. The van der Waals surface area contributed by atoms with Gasteiger partial charge in [0.1, 0.15) is 13.2 Å². The molecule has 0 aromatic carbocycles. The molecule has 2 N–H and O–H groups in total. The molecule has 7 heteroatoms. The van der Waals surface area contributed by atoms with Crippen LogP contribution in [-0.2, 0) is 23.9 Å². The first-order valence-corrected chi connectivity index (χ1v) is 7.10. The molecule has 0 aromatic rings. The number of ether oxygens (including phenoxy) is 2. The van der Waals surface area contributed by atoms with Crippen molar-refractivity contribution in [2.45, 2.75) is 27.2 Å². The molecule has 7 nitrogen and oxygen atoms in total. The Hall–Kier alpha value is -1.47. The predicted molar refractivity (Wildman–Crippen MR) is 77.8 cm³/mol. The summed E-state index contributed by atoms with van der Waals surface area (Å²) in [4.78, 5) is 33.2. The summed E-state index contributed by atoms with van der Waals surface area (Å²) in [6, 6.07) is 0. The van der Waals surface area contributed by atoms with Gasteiger partial charge < -0.3 is 20.1 Å². The second kappa shape index (κ2) is 12.3. The van der Waals surface area contributed by atoms with Crippen LogP contribution in [0, 0.1) is 5.92 Å². The lowest BCUT2D eigenvalue weighted by Gasteiger charge is -2.08. The highest BCUT2D eigenvalue weighted by atomic mass is 16.5. The second-order valence-corrected chi connectivity index (χ2v) is 5.11. The summed E-state index contributed by atoms with van der Waals surface area (Å²) in [5, 5.41) is 5.34. The fourth-order valence-corrected chi connectivity index (χ4v) is 1.41. The molecule has 122 valence electrons. The van der Waals surface area contributed by atoms with E-state index in [4.69, 9.17) is 9.47 Å². The molecule has 0 radical (unpaired) electrons. The molecule has 0 fully saturated rings. The number of ketones is 1. The molecule has 0 unspecified atom stereocenters. The van der Waals surface area contributed by atoms with Gasteiger partial charge in [-0.05, 0) is 12.8 Å². The molecule has 0 aliphatic rings. The van der Waals surface area contributed by atoms with Gasteiger partial charge in [0.25, 0.3) is 0 Å². The summed E-state index contributed by atoms with van der Waals surface area (Å²) in [5.74, 6) is -0.0494. The molecule has 2 amide bonds. The molecule has 0 spiro atoms. The largest absolute Gasteiger partial charge is 0.378 e. The van der Waals surface area contributed by atoms with E-state index < -0.39 is 0 Å². The normalized spacial score (nSPS) is 10.5. The highest BCUT2D eigenvalue weighted by molar-refractivity contribution is 5.79. The maximum Gasteiger partial charge on any atom is 0.246 e. The third kappa shape index (κ3) is 14.7. The van der Waals surface area contributed by atoms with Gasteiger partial charge >= 0.3 is 0 Å². The lowest BCUT2D eigenvalue weighted by atomic mass is 10.1. The molecule has 0 aliphatic carbocycles.